The third-order valence-electron chi connectivity index (χ3n) is 2.51. The quantitative estimate of drug-likeness (QED) is 0.868. The Morgan fingerprint density at radius 1 is 1.35 bits per heavy atom. The molecule has 0 fully saturated rings. The number of ether oxygens (including phenoxy) is 1. The molecule has 0 atom stereocenters. The van der Waals surface area contributed by atoms with Crippen molar-refractivity contribution in [2.75, 3.05) is 11.9 Å². The van der Waals surface area contributed by atoms with E-state index in [0.717, 1.165) is 5.69 Å². The monoisotopic (exact) mass is 307 g/mol. The lowest BCUT2D eigenvalue weighted by atomic mass is 10.2. The van der Waals surface area contributed by atoms with E-state index >= 15 is 0 Å². The summed E-state index contributed by atoms with van der Waals surface area (Å²) in [6.45, 7) is 4.21. The van der Waals surface area contributed by atoms with Gasteiger partial charge in [-0.1, -0.05) is 11.6 Å². The molecule has 0 saturated carbocycles. The first-order chi connectivity index (χ1) is 9.60. The van der Waals surface area contributed by atoms with Gasteiger partial charge < -0.3 is 10.1 Å². The maximum absolute atomic E-state index is 5.87. The van der Waals surface area contributed by atoms with Crippen LogP contribution in [0.3, 0.4) is 0 Å². The molecule has 0 bridgehead atoms. The van der Waals surface area contributed by atoms with E-state index in [1.54, 1.807) is 18.3 Å². The number of thiocarbonyl (C=S) groups is 1. The van der Waals surface area contributed by atoms with Gasteiger partial charge in [-0.15, -0.1) is 0 Å². The Balaban J connectivity index is 2.31. The molecule has 6 heteroatoms. The summed E-state index contributed by atoms with van der Waals surface area (Å²) in [5, 5.41) is 4.26. The van der Waals surface area contributed by atoms with Crippen LogP contribution >= 0.6 is 23.8 Å². The van der Waals surface area contributed by atoms with E-state index in [9.17, 15) is 0 Å². The molecule has 2 aromatic rings. The van der Waals surface area contributed by atoms with Gasteiger partial charge in [-0.3, -0.25) is 0 Å². The fraction of sp³-hybridized carbons (Fsp3) is 0.214. The van der Waals surface area contributed by atoms with Crippen molar-refractivity contribution in [3.05, 3.63) is 46.9 Å². The molecule has 1 heterocycles. The second-order valence-corrected chi connectivity index (χ2v) is 4.84. The lowest BCUT2D eigenvalue weighted by Crippen LogP contribution is -2.10. The van der Waals surface area contributed by atoms with Crippen LogP contribution in [0.4, 0.5) is 11.5 Å². The average molecular weight is 308 g/mol. The van der Waals surface area contributed by atoms with Crippen molar-refractivity contribution in [1.29, 1.82) is 0 Å². The Morgan fingerprint density at radius 2 is 2.05 bits per heavy atom. The fourth-order valence-electron chi connectivity index (χ4n) is 1.59. The second-order valence-electron chi connectivity index (χ2n) is 4.03. The number of nitrogens with one attached hydrogen (secondary N) is 1. The van der Waals surface area contributed by atoms with Crippen molar-refractivity contribution in [3.8, 4) is 0 Å². The molecular formula is C14H14ClN3OS. The van der Waals surface area contributed by atoms with Crippen LogP contribution in [0.2, 0.25) is 5.02 Å². The molecular weight excluding hydrogens is 294 g/mol. The highest BCUT2D eigenvalue weighted by Gasteiger charge is 2.12. The van der Waals surface area contributed by atoms with Gasteiger partial charge in [0.05, 0.1) is 12.2 Å². The first kappa shape index (κ1) is 14.7. The second kappa shape index (κ2) is 6.63. The molecule has 0 aliphatic rings. The van der Waals surface area contributed by atoms with Crippen LogP contribution in [-0.4, -0.2) is 21.6 Å². The van der Waals surface area contributed by atoms with Gasteiger partial charge in [-0.2, -0.15) is 0 Å². The van der Waals surface area contributed by atoms with Gasteiger partial charge in [0.2, 0.25) is 0 Å². The smallest absolute Gasteiger partial charge is 0.196 e. The van der Waals surface area contributed by atoms with Crippen LogP contribution in [-0.2, 0) is 4.74 Å². The van der Waals surface area contributed by atoms with Crippen molar-refractivity contribution in [2.45, 2.75) is 13.8 Å². The van der Waals surface area contributed by atoms with Gasteiger partial charge in [0.1, 0.15) is 11.6 Å². The Bertz CT molecular complexity index is 616. The minimum atomic E-state index is 0.379. The average Bonchev–Trinajstić information content (AvgIpc) is 2.42. The first-order valence-electron chi connectivity index (χ1n) is 6.13. The highest BCUT2D eigenvalue weighted by molar-refractivity contribution is 7.80. The Labute approximate surface area is 128 Å². The number of rotatable bonds is 4. The highest BCUT2D eigenvalue weighted by atomic mass is 35.5. The molecule has 1 aromatic heterocycles. The summed E-state index contributed by atoms with van der Waals surface area (Å²) < 4.78 is 5.36. The summed E-state index contributed by atoms with van der Waals surface area (Å²) in [6.07, 6.45) is 1.67. The van der Waals surface area contributed by atoms with Crippen LogP contribution < -0.4 is 5.32 Å². The number of aryl methyl sites for hydroxylation is 1. The molecule has 0 saturated heterocycles. The van der Waals surface area contributed by atoms with Gasteiger partial charge in [-0.25, -0.2) is 9.97 Å². The lowest BCUT2D eigenvalue weighted by Gasteiger charge is -2.12. The topological polar surface area (TPSA) is 47.0 Å². The zero-order chi connectivity index (χ0) is 14.5. The molecule has 0 radical (unpaired) electrons. The summed E-state index contributed by atoms with van der Waals surface area (Å²) in [4.78, 5) is 8.53. The van der Waals surface area contributed by atoms with E-state index < -0.39 is 0 Å². The van der Waals surface area contributed by atoms with Crippen LogP contribution in [0.25, 0.3) is 0 Å². The molecule has 0 unspecified atom stereocenters. The highest BCUT2D eigenvalue weighted by Crippen LogP contribution is 2.21. The van der Waals surface area contributed by atoms with Crippen molar-refractivity contribution in [2.24, 2.45) is 0 Å². The fourth-order valence-corrected chi connectivity index (χ4v) is 1.99. The van der Waals surface area contributed by atoms with Crippen LogP contribution in [0.1, 0.15) is 18.3 Å². The molecule has 0 spiro atoms. The van der Waals surface area contributed by atoms with Gasteiger partial charge in [0.25, 0.3) is 0 Å². The van der Waals surface area contributed by atoms with Crippen LogP contribution in [0.5, 0.6) is 0 Å². The zero-order valence-electron chi connectivity index (χ0n) is 11.2. The van der Waals surface area contributed by atoms with Crippen molar-refractivity contribution < 1.29 is 4.74 Å². The van der Waals surface area contributed by atoms with Gasteiger partial charge >= 0.3 is 0 Å². The standard InChI is InChI=1S/C14H14ClN3OS/c1-3-19-14(20)12-8-16-9(2)17-13(12)18-11-6-4-10(15)5-7-11/h4-8H,3H2,1-2H3,(H,16,17,18). The van der Waals surface area contributed by atoms with Crippen molar-refractivity contribution in [3.63, 3.8) is 0 Å². The van der Waals surface area contributed by atoms with E-state index in [-0.39, 0.29) is 0 Å². The molecule has 20 heavy (non-hydrogen) atoms. The molecule has 1 aromatic carbocycles. The molecule has 4 nitrogen and oxygen atoms in total. The van der Waals surface area contributed by atoms with Crippen LogP contribution in [0.15, 0.2) is 30.5 Å². The summed E-state index contributed by atoms with van der Waals surface area (Å²) >= 11 is 11.1. The largest absolute Gasteiger partial charge is 0.483 e. The number of hydrogen-bond acceptors (Lipinski definition) is 5. The minimum absolute atomic E-state index is 0.379. The predicted octanol–water partition coefficient (Wildman–Crippen LogP) is 3.89. The van der Waals surface area contributed by atoms with E-state index in [1.807, 2.05) is 26.0 Å². The van der Waals surface area contributed by atoms with E-state index in [0.29, 0.717) is 33.9 Å². The number of hydrogen-bond donors (Lipinski definition) is 1. The maximum Gasteiger partial charge on any atom is 0.196 e. The number of halogens is 1. The number of benzene rings is 1. The SMILES string of the molecule is CCOC(=S)c1cnc(C)nc1Nc1ccc(Cl)cc1. The van der Waals surface area contributed by atoms with Gasteiger partial charge in [-0.05, 0) is 50.3 Å². The molecule has 0 aliphatic heterocycles. The number of nitrogens with zero attached hydrogens (tertiary/aromatic N) is 2. The molecule has 0 amide bonds. The maximum atomic E-state index is 5.87. The summed E-state index contributed by atoms with van der Waals surface area (Å²) in [7, 11) is 0. The summed E-state index contributed by atoms with van der Waals surface area (Å²) in [5.41, 5.74) is 1.54. The third-order valence-corrected chi connectivity index (χ3v) is 3.10. The zero-order valence-corrected chi connectivity index (χ0v) is 12.8. The minimum Gasteiger partial charge on any atom is -0.483 e. The number of aromatic nitrogens is 2. The van der Waals surface area contributed by atoms with E-state index in [4.69, 9.17) is 28.6 Å². The van der Waals surface area contributed by atoms with Crippen molar-refractivity contribution >= 4 is 40.4 Å². The lowest BCUT2D eigenvalue weighted by molar-refractivity contribution is 0.337. The Morgan fingerprint density at radius 3 is 2.70 bits per heavy atom. The van der Waals surface area contributed by atoms with Gasteiger partial charge in [0, 0.05) is 16.9 Å². The summed E-state index contributed by atoms with van der Waals surface area (Å²) in [5.74, 6) is 1.28. The van der Waals surface area contributed by atoms with E-state index in [2.05, 4.69) is 15.3 Å². The molecule has 0 aliphatic carbocycles. The third kappa shape index (κ3) is 3.65. The predicted molar refractivity (Wildman–Crippen MR) is 84.8 cm³/mol. The molecule has 1 N–H and O–H groups in total. The number of anilines is 2. The Hall–Kier alpha value is -1.72. The summed E-state index contributed by atoms with van der Waals surface area (Å²) in [6, 6.07) is 7.34. The molecule has 2 rings (SSSR count). The first-order valence-corrected chi connectivity index (χ1v) is 6.92. The Kier molecular flexibility index (Phi) is 4.87. The molecule has 104 valence electrons. The van der Waals surface area contributed by atoms with Crippen LogP contribution in [0, 0.1) is 6.92 Å². The van der Waals surface area contributed by atoms with Crippen molar-refractivity contribution in [1.82, 2.24) is 9.97 Å². The van der Waals surface area contributed by atoms with Gasteiger partial charge in [0.15, 0.2) is 5.05 Å². The normalized spacial score (nSPS) is 10.2. The van der Waals surface area contributed by atoms with E-state index in [1.165, 1.54) is 0 Å².